The van der Waals surface area contributed by atoms with Gasteiger partial charge in [-0.3, -0.25) is 0 Å². The number of benzene rings is 2. The third kappa shape index (κ3) is 6.07. The van der Waals surface area contributed by atoms with Crippen LogP contribution in [0.3, 0.4) is 0 Å². The van der Waals surface area contributed by atoms with Crippen molar-refractivity contribution in [3.05, 3.63) is 65.7 Å². The van der Waals surface area contributed by atoms with Gasteiger partial charge in [-0.15, -0.1) is 0 Å². The average molecular weight is 311 g/mol. The van der Waals surface area contributed by atoms with Crippen LogP contribution in [0.15, 0.2) is 54.6 Å². The summed E-state index contributed by atoms with van der Waals surface area (Å²) >= 11 is 0. The molecule has 0 aliphatic rings. The SMILES string of the molecule is CCN(CC)CCCOc1ccccc1CCc1ccccc1. The van der Waals surface area contributed by atoms with Crippen molar-refractivity contribution in [2.75, 3.05) is 26.2 Å². The standard InChI is InChI=1S/C21H29NO/c1-3-22(4-2)17-10-18-23-21-14-9-8-13-20(21)16-15-19-11-6-5-7-12-19/h5-9,11-14H,3-4,10,15-18H2,1-2H3. The smallest absolute Gasteiger partial charge is 0.122 e. The molecular formula is C21H29NO. The van der Waals surface area contributed by atoms with Crippen LogP contribution in [0, 0.1) is 0 Å². The van der Waals surface area contributed by atoms with Gasteiger partial charge in [-0.1, -0.05) is 62.4 Å². The summed E-state index contributed by atoms with van der Waals surface area (Å²) in [5, 5.41) is 0. The van der Waals surface area contributed by atoms with E-state index in [9.17, 15) is 0 Å². The van der Waals surface area contributed by atoms with E-state index in [4.69, 9.17) is 4.74 Å². The van der Waals surface area contributed by atoms with Gasteiger partial charge in [0, 0.05) is 6.54 Å². The largest absolute Gasteiger partial charge is 0.493 e. The van der Waals surface area contributed by atoms with E-state index in [0.717, 1.165) is 51.3 Å². The lowest BCUT2D eigenvalue weighted by atomic mass is 10.0. The number of nitrogens with zero attached hydrogens (tertiary/aromatic N) is 1. The van der Waals surface area contributed by atoms with E-state index in [2.05, 4.69) is 73.3 Å². The maximum absolute atomic E-state index is 6.04. The lowest BCUT2D eigenvalue weighted by Crippen LogP contribution is -2.25. The summed E-state index contributed by atoms with van der Waals surface area (Å²) in [5.41, 5.74) is 2.68. The zero-order chi connectivity index (χ0) is 16.3. The van der Waals surface area contributed by atoms with Crippen molar-refractivity contribution < 1.29 is 4.74 Å². The molecule has 23 heavy (non-hydrogen) atoms. The molecule has 0 aliphatic heterocycles. The highest BCUT2D eigenvalue weighted by Crippen LogP contribution is 2.20. The Bertz CT molecular complexity index is 549. The van der Waals surface area contributed by atoms with Gasteiger partial charge in [0.25, 0.3) is 0 Å². The number of aryl methyl sites for hydroxylation is 2. The lowest BCUT2D eigenvalue weighted by Gasteiger charge is -2.18. The van der Waals surface area contributed by atoms with Crippen molar-refractivity contribution in [1.82, 2.24) is 4.90 Å². The van der Waals surface area contributed by atoms with E-state index in [0.29, 0.717) is 0 Å². The molecule has 0 radical (unpaired) electrons. The monoisotopic (exact) mass is 311 g/mol. The van der Waals surface area contributed by atoms with E-state index >= 15 is 0 Å². The fourth-order valence-corrected chi connectivity index (χ4v) is 2.78. The fourth-order valence-electron chi connectivity index (χ4n) is 2.78. The second-order valence-electron chi connectivity index (χ2n) is 5.82. The van der Waals surface area contributed by atoms with Crippen LogP contribution in [0.25, 0.3) is 0 Å². The Balaban J connectivity index is 1.82. The molecule has 0 amide bonds. The highest BCUT2D eigenvalue weighted by Gasteiger charge is 2.04. The summed E-state index contributed by atoms with van der Waals surface area (Å²) in [6.07, 6.45) is 3.16. The van der Waals surface area contributed by atoms with Crippen LogP contribution in [0.4, 0.5) is 0 Å². The van der Waals surface area contributed by atoms with Crippen molar-refractivity contribution in [3.8, 4) is 5.75 Å². The zero-order valence-corrected chi connectivity index (χ0v) is 14.5. The van der Waals surface area contributed by atoms with Gasteiger partial charge in [-0.2, -0.15) is 0 Å². The molecule has 0 N–H and O–H groups in total. The molecule has 0 aromatic heterocycles. The van der Waals surface area contributed by atoms with E-state index in [-0.39, 0.29) is 0 Å². The molecule has 0 saturated carbocycles. The van der Waals surface area contributed by atoms with Gasteiger partial charge in [-0.05, 0) is 49.5 Å². The maximum atomic E-state index is 6.04. The fraction of sp³-hybridized carbons (Fsp3) is 0.429. The van der Waals surface area contributed by atoms with Crippen molar-refractivity contribution >= 4 is 0 Å². The van der Waals surface area contributed by atoms with Crippen LogP contribution in [0.5, 0.6) is 5.75 Å². The van der Waals surface area contributed by atoms with E-state index in [1.165, 1.54) is 11.1 Å². The first-order valence-corrected chi connectivity index (χ1v) is 8.80. The highest BCUT2D eigenvalue weighted by molar-refractivity contribution is 5.34. The van der Waals surface area contributed by atoms with Crippen LogP contribution in [-0.4, -0.2) is 31.1 Å². The number of para-hydroxylation sites is 1. The molecule has 0 unspecified atom stereocenters. The Labute approximate surface area is 141 Å². The van der Waals surface area contributed by atoms with Gasteiger partial charge in [0.2, 0.25) is 0 Å². The molecule has 2 aromatic carbocycles. The average Bonchev–Trinajstić information content (AvgIpc) is 2.62. The van der Waals surface area contributed by atoms with Crippen LogP contribution in [-0.2, 0) is 12.8 Å². The third-order valence-corrected chi connectivity index (χ3v) is 4.27. The molecule has 2 aromatic rings. The van der Waals surface area contributed by atoms with E-state index in [1.807, 2.05) is 0 Å². The molecule has 0 bridgehead atoms. The normalized spacial score (nSPS) is 10.9. The minimum absolute atomic E-state index is 0.791. The maximum Gasteiger partial charge on any atom is 0.122 e. The number of hydrogen-bond acceptors (Lipinski definition) is 2. The summed E-state index contributed by atoms with van der Waals surface area (Å²) in [6.45, 7) is 8.55. The second kappa shape index (κ2) is 10.1. The highest BCUT2D eigenvalue weighted by atomic mass is 16.5. The van der Waals surface area contributed by atoms with Crippen LogP contribution < -0.4 is 4.74 Å². The molecule has 124 valence electrons. The van der Waals surface area contributed by atoms with Gasteiger partial charge >= 0.3 is 0 Å². The summed E-state index contributed by atoms with van der Waals surface area (Å²) < 4.78 is 6.04. The van der Waals surface area contributed by atoms with Gasteiger partial charge in [-0.25, -0.2) is 0 Å². The van der Waals surface area contributed by atoms with Gasteiger partial charge < -0.3 is 9.64 Å². The molecule has 0 aliphatic carbocycles. The lowest BCUT2D eigenvalue weighted by molar-refractivity contribution is 0.248. The molecule has 2 nitrogen and oxygen atoms in total. The third-order valence-electron chi connectivity index (χ3n) is 4.27. The molecule has 0 heterocycles. The predicted octanol–water partition coefficient (Wildman–Crippen LogP) is 4.58. The molecular weight excluding hydrogens is 282 g/mol. The van der Waals surface area contributed by atoms with Crippen molar-refractivity contribution in [3.63, 3.8) is 0 Å². The molecule has 2 rings (SSSR count). The minimum Gasteiger partial charge on any atom is -0.493 e. The predicted molar refractivity (Wildman–Crippen MR) is 98.2 cm³/mol. The second-order valence-corrected chi connectivity index (χ2v) is 5.82. The Hall–Kier alpha value is -1.80. The molecule has 2 heteroatoms. The first-order chi connectivity index (χ1) is 11.3. The summed E-state index contributed by atoms with van der Waals surface area (Å²) in [6, 6.07) is 19.1. The zero-order valence-electron chi connectivity index (χ0n) is 14.5. The first-order valence-electron chi connectivity index (χ1n) is 8.80. The summed E-state index contributed by atoms with van der Waals surface area (Å²) in [4.78, 5) is 2.44. The van der Waals surface area contributed by atoms with Crippen molar-refractivity contribution in [1.29, 1.82) is 0 Å². The molecule has 0 atom stereocenters. The summed E-state index contributed by atoms with van der Waals surface area (Å²) in [7, 11) is 0. The Kier molecular flexibility index (Phi) is 7.68. The Morgan fingerprint density at radius 1 is 0.826 bits per heavy atom. The molecule has 0 fully saturated rings. The van der Waals surface area contributed by atoms with Gasteiger partial charge in [0.15, 0.2) is 0 Å². The topological polar surface area (TPSA) is 12.5 Å². The number of hydrogen-bond donors (Lipinski definition) is 0. The number of ether oxygens (including phenoxy) is 1. The van der Waals surface area contributed by atoms with Crippen molar-refractivity contribution in [2.45, 2.75) is 33.1 Å². The Morgan fingerprint density at radius 2 is 1.52 bits per heavy atom. The van der Waals surface area contributed by atoms with Crippen molar-refractivity contribution in [2.24, 2.45) is 0 Å². The Morgan fingerprint density at radius 3 is 2.26 bits per heavy atom. The van der Waals surface area contributed by atoms with Gasteiger partial charge in [0.1, 0.15) is 5.75 Å². The van der Waals surface area contributed by atoms with Crippen LogP contribution >= 0.6 is 0 Å². The van der Waals surface area contributed by atoms with Crippen LogP contribution in [0.2, 0.25) is 0 Å². The summed E-state index contributed by atoms with van der Waals surface area (Å²) in [5.74, 6) is 1.04. The van der Waals surface area contributed by atoms with Crippen LogP contribution in [0.1, 0.15) is 31.4 Å². The quantitative estimate of drug-likeness (QED) is 0.595. The first kappa shape index (κ1) is 17.6. The van der Waals surface area contributed by atoms with E-state index < -0.39 is 0 Å². The number of rotatable bonds is 10. The van der Waals surface area contributed by atoms with E-state index in [1.54, 1.807) is 0 Å². The van der Waals surface area contributed by atoms with Gasteiger partial charge in [0.05, 0.1) is 6.61 Å². The molecule has 0 spiro atoms. The minimum atomic E-state index is 0.791. The molecule has 0 saturated heterocycles.